The summed E-state index contributed by atoms with van der Waals surface area (Å²) in [6, 6.07) is 10.6. The molecule has 0 unspecified atom stereocenters. The molecule has 0 amide bonds. The van der Waals surface area contributed by atoms with Crippen molar-refractivity contribution in [3.8, 4) is 11.4 Å². The van der Waals surface area contributed by atoms with E-state index in [0.717, 1.165) is 43.2 Å². The van der Waals surface area contributed by atoms with Gasteiger partial charge >= 0.3 is 0 Å². The highest BCUT2D eigenvalue weighted by Gasteiger charge is 2.25. The molecular weight excluding hydrogens is 326 g/mol. The zero-order chi connectivity index (χ0) is 18.1. The van der Waals surface area contributed by atoms with Crippen molar-refractivity contribution < 1.29 is 4.74 Å². The molecule has 0 spiro atoms. The van der Waals surface area contributed by atoms with Crippen LogP contribution in [0.2, 0.25) is 0 Å². The minimum Gasteiger partial charge on any atom is -0.494 e. The van der Waals surface area contributed by atoms with E-state index >= 15 is 0 Å². The van der Waals surface area contributed by atoms with E-state index in [1.165, 1.54) is 11.3 Å². The van der Waals surface area contributed by atoms with Gasteiger partial charge in [-0.25, -0.2) is 4.68 Å². The predicted octanol–water partition coefficient (Wildman–Crippen LogP) is 3.14. The number of likely N-dealkylation sites (tertiary alicyclic amines) is 1. The summed E-state index contributed by atoms with van der Waals surface area (Å²) in [5.74, 6) is 0.827. The van der Waals surface area contributed by atoms with E-state index in [9.17, 15) is 0 Å². The first-order valence-electron chi connectivity index (χ1n) is 9.06. The molecule has 1 fully saturated rings. The molecule has 0 saturated carbocycles. The standard InChI is InChI=1S/C20H25N5O/c1-15-10-16(2)25(22-15)18-8-9-23(14-18)12-17-11-21-24(13-17)19-6-4-5-7-20(19)26-3/h4-7,10-11,13,18H,8-9,12,14H2,1-3H3/t18-/m0/s1. The lowest BCUT2D eigenvalue weighted by atomic mass is 10.2. The summed E-state index contributed by atoms with van der Waals surface area (Å²) in [7, 11) is 1.69. The first-order chi connectivity index (χ1) is 12.6. The van der Waals surface area contributed by atoms with Crippen LogP contribution in [-0.4, -0.2) is 44.7 Å². The molecule has 26 heavy (non-hydrogen) atoms. The third-order valence-corrected chi connectivity index (χ3v) is 5.01. The molecule has 136 valence electrons. The lowest BCUT2D eigenvalue weighted by Gasteiger charge is -2.16. The SMILES string of the molecule is COc1ccccc1-n1cc(CN2CC[C@H](n3nc(C)cc3C)C2)cn1. The van der Waals surface area contributed by atoms with Gasteiger partial charge in [-0.05, 0) is 38.5 Å². The van der Waals surface area contributed by atoms with E-state index in [-0.39, 0.29) is 0 Å². The van der Waals surface area contributed by atoms with Crippen molar-refractivity contribution in [3.63, 3.8) is 0 Å². The zero-order valence-electron chi connectivity index (χ0n) is 15.6. The number of aromatic nitrogens is 4. The number of benzene rings is 1. The van der Waals surface area contributed by atoms with Crippen LogP contribution in [0.1, 0.15) is 29.4 Å². The molecular formula is C20H25N5O. The van der Waals surface area contributed by atoms with Gasteiger partial charge in [-0.1, -0.05) is 12.1 Å². The highest BCUT2D eigenvalue weighted by Crippen LogP contribution is 2.25. The van der Waals surface area contributed by atoms with Crippen molar-refractivity contribution in [1.82, 2.24) is 24.5 Å². The summed E-state index contributed by atoms with van der Waals surface area (Å²) < 4.78 is 9.52. The Morgan fingerprint density at radius 2 is 2.08 bits per heavy atom. The number of aryl methyl sites for hydroxylation is 2. The molecule has 0 bridgehead atoms. The van der Waals surface area contributed by atoms with Gasteiger partial charge in [0.05, 0.1) is 25.0 Å². The van der Waals surface area contributed by atoms with E-state index in [4.69, 9.17) is 4.74 Å². The molecule has 0 N–H and O–H groups in total. The van der Waals surface area contributed by atoms with Crippen LogP contribution in [0.5, 0.6) is 5.75 Å². The van der Waals surface area contributed by atoms with Crippen molar-refractivity contribution in [3.05, 3.63) is 59.7 Å². The van der Waals surface area contributed by atoms with Gasteiger partial charge in [0.15, 0.2) is 0 Å². The molecule has 1 atom stereocenters. The van der Waals surface area contributed by atoms with Gasteiger partial charge in [0, 0.05) is 37.1 Å². The third kappa shape index (κ3) is 3.24. The Labute approximate surface area is 154 Å². The molecule has 2 aromatic heterocycles. The van der Waals surface area contributed by atoms with Gasteiger partial charge in [-0.2, -0.15) is 10.2 Å². The number of para-hydroxylation sites is 2. The van der Waals surface area contributed by atoms with E-state index in [0.29, 0.717) is 6.04 Å². The number of nitrogens with zero attached hydrogens (tertiary/aromatic N) is 5. The highest BCUT2D eigenvalue weighted by atomic mass is 16.5. The summed E-state index contributed by atoms with van der Waals surface area (Å²) in [4.78, 5) is 2.48. The van der Waals surface area contributed by atoms with Crippen molar-refractivity contribution in [2.24, 2.45) is 0 Å². The van der Waals surface area contributed by atoms with Crippen LogP contribution in [0.4, 0.5) is 0 Å². The largest absolute Gasteiger partial charge is 0.494 e. The van der Waals surface area contributed by atoms with Gasteiger partial charge in [0.2, 0.25) is 0 Å². The van der Waals surface area contributed by atoms with Gasteiger partial charge in [-0.3, -0.25) is 9.58 Å². The maximum atomic E-state index is 5.44. The molecule has 1 aliphatic rings. The summed E-state index contributed by atoms with van der Waals surface area (Å²) in [6.45, 7) is 7.22. The van der Waals surface area contributed by atoms with E-state index < -0.39 is 0 Å². The Balaban J connectivity index is 1.44. The average Bonchev–Trinajstić information content (AvgIpc) is 3.36. The molecule has 6 heteroatoms. The minimum atomic E-state index is 0.466. The molecule has 4 rings (SSSR count). The fourth-order valence-corrected chi connectivity index (χ4v) is 3.82. The van der Waals surface area contributed by atoms with E-state index in [1.807, 2.05) is 35.1 Å². The van der Waals surface area contributed by atoms with Gasteiger partial charge in [-0.15, -0.1) is 0 Å². The molecule has 1 saturated heterocycles. The smallest absolute Gasteiger partial charge is 0.144 e. The van der Waals surface area contributed by atoms with Crippen LogP contribution in [0.25, 0.3) is 5.69 Å². The van der Waals surface area contributed by atoms with Crippen LogP contribution in [-0.2, 0) is 6.54 Å². The number of methoxy groups -OCH3 is 1. The lowest BCUT2D eigenvalue weighted by Crippen LogP contribution is -2.21. The Kier molecular flexibility index (Phi) is 4.51. The first kappa shape index (κ1) is 16.8. The first-order valence-corrected chi connectivity index (χ1v) is 9.06. The second kappa shape index (κ2) is 6.96. The number of rotatable bonds is 5. The zero-order valence-corrected chi connectivity index (χ0v) is 15.6. The third-order valence-electron chi connectivity index (χ3n) is 5.01. The Morgan fingerprint density at radius 1 is 1.23 bits per heavy atom. The van der Waals surface area contributed by atoms with Crippen LogP contribution < -0.4 is 4.74 Å². The topological polar surface area (TPSA) is 48.1 Å². The Morgan fingerprint density at radius 3 is 2.85 bits per heavy atom. The molecule has 0 radical (unpaired) electrons. The minimum absolute atomic E-state index is 0.466. The normalized spacial score (nSPS) is 17.7. The molecule has 1 aromatic carbocycles. The van der Waals surface area contributed by atoms with Gasteiger partial charge in [0.25, 0.3) is 0 Å². The number of hydrogen-bond acceptors (Lipinski definition) is 4. The summed E-state index contributed by atoms with van der Waals surface area (Å²) >= 11 is 0. The molecule has 1 aliphatic heterocycles. The van der Waals surface area contributed by atoms with Crippen molar-refractivity contribution >= 4 is 0 Å². The van der Waals surface area contributed by atoms with Gasteiger partial charge in [0.1, 0.15) is 11.4 Å². The molecule has 3 aromatic rings. The molecule has 6 nitrogen and oxygen atoms in total. The summed E-state index contributed by atoms with van der Waals surface area (Å²) in [5, 5.41) is 9.18. The molecule has 0 aliphatic carbocycles. The fraction of sp³-hybridized carbons (Fsp3) is 0.400. The van der Waals surface area contributed by atoms with Crippen LogP contribution in [0.3, 0.4) is 0 Å². The maximum Gasteiger partial charge on any atom is 0.144 e. The lowest BCUT2D eigenvalue weighted by molar-refractivity contribution is 0.310. The van der Waals surface area contributed by atoms with Crippen molar-refractivity contribution in [2.75, 3.05) is 20.2 Å². The monoisotopic (exact) mass is 351 g/mol. The van der Waals surface area contributed by atoms with Gasteiger partial charge < -0.3 is 4.74 Å². The number of hydrogen-bond donors (Lipinski definition) is 0. The van der Waals surface area contributed by atoms with Crippen LogP contribution in [0, 0.1) is 13.8 Å². The van der Waals surface area contributed by atoms with Crippen LogP contribution in [0.15, 0.2) is 42.7 Å². The van der Waals surface area contributed by atoms with Crippen molar-refractivity contribution in [1.29, 1.82) is 0 Å². The van der Waals surface area contributed by atoms with E-state index in [1.54, 1.807) is 7.11 Å². The number of ether oxygens (including phenoxy) is 1. The average molecular weight is 351 g/mol. The second-order valence-electron chi connectivity index (χ2n) is 7.01. The Bertz CT molecular complexity index is 897. The molecule has 3 heterocycles. The summed E-state index contributed by atoms with van der Waals surface area (Å²) in [6.07, 6.45) is 5.18. The highest BCUT2D eigenvalue weighted by molar-refractivity contribution is 5.46. The fourth-order valence-electron chi connectivity index (χ4n) is 3.82. The van der Waals surface area contributed by atoms with Crippen LogP contribution >= 0.6 is 0 Å². The quantitative estimate of drug-likeness (QED) is 0.708. The second-order valence-corrected chi connectivity index (χ2v) is 7.01. The van der Waals surface area contributed by atoms with Crippen molar-refractivity contribution in [2.45, 2.75) is 32.9 Å². The van der Waals surface area contributed by atoms with E-state index in [2.05, 4.69) is 45.9 Å². The predicted molar refractivity (Wildman–Crippen MR) is 101 cm³/mol. The Hall–Kier alpha value is -2.60. The maximum absolute atomic E-state index is 5.44. The summed E-state index contributed by atoms with van der Waals surface area (Å²) in [5.41, 5.74) is 4.52.